The molecule has 25 heavy (non-hydrogen) atoms. The van der Waals surface area contributed by atoms with Crippen molar-refractivity contribution in [2.45, 2.75) is 6.42 Å². The molecule has 126 valence electrons. The van der Waals surface area contributed by atoms with Crippen LogP contribution < -0.4 is 4.74 Å². The van der Waals surface area contributed by atoms with Crippen LogP contribution in [-0.2, 0) is 6.42 Å². The third kappa shape index (κ3) is 3.43. The van der Waals surface area contributed by atoms with E-state index in [-0.39, 0.29) is 6.61 Å². The molecule has 0 amide bonds. The van der Waals surface area contributed by atoms with Crippen LogP contribution in [0.15, 0.2) is 59.6 Å². The van der Waals surface area contributed by atoms with Crippen molar-refractivity contribution in [1.29, 1.82) is 0 Å². The van der Waals surface area contributed by atoms with Crippen molar-refractivity contribution < 1.29 is 9.84 Å². The SMILES string of the molecule is OCCOc1cccc(Cc2c[nH]c3ncc(-c4ccsc4)cc23)c1. The lowest BCUT2D eigenvalue weighted by Crippen LogP contribution is -2.01. The van der Waals surface area contributed by atoms with Crippen molar-refractivity contribution in [3.05, 3.63) is 70.7 Å². The molecule has 1 aromatic carbocycles. The van der Waals surface area contributed by atoms with Crippen LogP contribution in [0.2, 0.25) is 0 Å². The largest absolute Gasteiger partial charge is 0.491 e. The summed E-state index contributed by atoms with van der Waals surface area (Å²) in [4.78, 5) is 7.81. The maximum atomic E-state index is 8.89. The van der Waals surface area contributed by atoms with Crippen LogP contribution in [0, 0.1) is 0 Å². The number of H-pyrrole nitrogens is 1. The maximum Gasteiger partial charge on any atom is 0.137 e. The highest BCUT2D eigenvalue weighted by Gasteiger charge is 2.09. The van der Waals surface area contributed by atoms with Crippen molar-refractivity contribution in [2.75, 3.05) is 13.2 Å². The summed E-state index contributed by atoms with van der Waals surface area (Å²) in [7, 11) is 0. The fourth-order valence-corrected chi connectivity index (χ4v) is 3.58. The second-order valence-electron chi connectivity index (χ2n) is 5.84. The highest BCUT2D eigenvalue weighted by molar-refractivity contribution is 7.08. The number of pyridine rings is 1. The van der Waals surface area contributed by atoms with Gasteiger partial charge < -0.3 is 14.8 Å². The number of fused-ring (bicyclic) bond motifs is 1. The van der Waals surface area contributed by atoms with E-state index in [2.05, 4.69) is 38.9 Å². The normalized spacial score (nSPS) is 11.1. The number of aliphatic hydroxyl groups excluding tert-OH is 1. The molecule has 4 rings (SSSR count). The molecule has 4 nitrogen and oxygen atoms in total. The molecule has 3 heterocycles. The first-order valence-electron chi connectivity index (χ1n) is 8.14. The number of ether oxygens (including phenoxy) is 1. The van der Waals surface area contributed by atoms with E-state index < -0.39 is 0 Å². The van der Waals surface area contributed by atoms with Crippen molar-refractivity contribution in [1.82, 2.24) is 9.97 Å². The van der Waals surface area contributed by atoms with E-state index in [1.54, 1.807) is 11.3 Å². The van der Waals surface area contributed by atoms with Gasteiger partial charge in [0.15, 0.2) is 0 Å². The molecule has 4 aromatic rings. The van der Waals surface area contributed by atoms with Crippen molar-refractivity contribution in [2.24, 2.45) is 0 Å². The van der Waals surface area contributed by atoms with Gasteiger partial charge in [0.25, 0.3) is 0 Å². The second-order valence-corrected chi connectivity index (χ2v) is 6.62. The minimum Gasteiger partial charge on any atom is -0.491 e. The molecular weight excluding hydrogens is 332 g/mol. The Kier molecular flexibility index (Phi) is 4.50. The Hall–Kier alpha value is -2.63. The van der Waals surface area contributed by atoms with E-state index in [0.717, 1.165) is 34.3 Å². The summed E-state index contributed by atoms with van der Waals surface area (Å²) in [5, 5.41) is 14.3. The van der Waals surface area contributed by atoms with Gasteiger partial charge in [-0.3, -0.25) is 0 Å². The van der Waals surface area contributed by atoms with Crippen LogP contribution >= 0.6 is 11.3 Å². The first-order valence-corrected chi connectivity index (χ1v) is 9.09. The van der Waals surface area contributed by atoms with Gasteiger partial charge in [-0.1, -0.05) is 12.1 Å². The zero-order chi connectivity index (χ0) is 17.1. The molecule has 2 N–H and O–H groups in total. The number of benzene rings is 1. The highest BCUT2D eigenvalue weighted by atomic mass is 32.1. The number of nitrogens with one attached hydrogen (secondary N) is 1. The molecule has 0 unspecified atom stereocenters. The number of aromatic amines is 1. The lowest BCUT2D eigenvalue weighted by atomic mass is 10.0. The van der Waals surface area contributed by atoms with Gasteiger partial charge in [0, 0.05) is 23.3 Å². The molecule has 0 saturated carbocycles. The fraction of sp³-hybridized carbons (Fsp3) is 0.150. The molecule has 3 aromatic heterocycles. The molecule has 0 bridgehead atoms. The molecule has 0 aliphatic carbocycles. The summed E-state index contributed by atoms with van der Waals surface area (Å²) in [6, 6.07) is 12.3. The van der Waals surface area contributed by atoms with Crippen LogP contribution in [0.3, 0.4) is 0 Å². The lowest BCUT2D eigenvalue weighted by molar-refractivity contribution is 0.201. The van der Waals surface area contributed by atoms with Gasteiger partial charge in [0.2, 0.25) is 0 Å². The Balaban J connectivity index is 1.64. The minimum atomic E-state index is 0.0176. The van der Waals surface area contributed by atoms with E-state index in [1.165, 1.54) is 11.1 Å². The third-order valence-corrected chi connectivity index (χ3v) is 4.81. The number of aromatic nitrogens is 2. The number of hydrogen-bond acceptors (Lipinski definition) is 4. The molecule has 0 aliphatic rings. The van der Waals surface area contributed by atoms with Crippen LogP contribution in [0.4, 0.5) is 0 Å². The zero-order valence-electron chi connectivity index (χ0n) is 13.6. The molecule has 0 saturated heterocycles. The Morgan fingerprint density at radius 1 is 1.16 bits per heavy atom. The highest BCUT2D eigenvalue weighted by Crippen LogP contribution is 2.27. The maximum absolute atomic E-state index is 8.89. The fourth-order valence-electron chi connectivity index (χ4n) is 2.92. The first kappa shape index (κ1) is 15.9. The van der Waals surface area contributed by atoms with Crippen molar-refractivity contribution in [3.63, 3.8) is 0 Å². The average Bonchev–Trinajstić information content (AvgIpc) is 3.30. The summed E-state index contributed by atoms with van der Waals surface area (Å²) in [5.41, 5.74) is 5.61. The summed E-state index contributed by atoms with van der Waals surface area (Å²) < 4.78 is 5.50. The van der Waals surface area contributed by atoms with E-state index in [4.69, 9.17) is 9.84 Å². The Morgan fingerprint density at radius 3 is 2.96 bits per heavy atom. The molecular formula is C20H18N2O2S. The predicted octanol–water partition coefficient (Wildman–Crippen LogP) is 4.25. The van der Waals surface area contributed by atoms with E-state index >= 15 is 0 Å². The topological polar surface area (TPSA) is 58.1 Å². The Morgan fingerprint density at radius 2 is 2.12 bits per heavy atom. The zero-order valence-corrected chi connectivity index (χ0v) is 14.4. The summed E-state index contributed by atoms with van der Waals surface area (Å²) >= 11 is 1.69. The van der Waals surface area contributed by atoms with E-state index in [9.17, 15) is 0 Å². The average molecular weight is 350 g/mol. The monoisotopic (exact) mass is 350 g/mol. The molecule has 0 aliphatic heterocycles. The quantitative estimate of drug-likeness (QED) is 0.546. The number of nitrogens with zero attached hydrogens (tertiary/aromatic N) is 1. The Bertz CT molecular complexity index is 976. The molecule has 5 heteroatoms. The van der Waals surface area contributed by atoms with Crippen molar-refractivity contribution >= 4 is 22.4 Å². The number of aliphatic hydroxyl groups is 1. The standard InChI is InChI=1S/C20H18N2O2S/c23-5-6-24-18-3-1-2-14(9-18)8-17-12-22-20-19(17)10-16(11-21-20)15-4-7-25-13-15/h1-4,7,9-13,23H,5-6,8H2,(H,21,22). The van der Waals surface area contributed by atoms with Crippen molar-refractivity contribution in [3.8, 4) is 16.9 Å². The number of thiophene rings is 1. The second kappa shape index (κ2) is 7.09. The van der Waals surface area contributed by atoms with Crippen LogP contribution in [-0.4, -0.2) is 28.3 Å². The van der Waals surface area contributed by atoms with Crippen LogP contribution in [0.25, 0.3) is 22.2 Å². The lowest BCUT2D eigenvalue weighted by Gasteiger charge is -2.07. The number of rotatable bonds is 6. The summed E-state index contributed by atoms with van der Waals surface area (Å²) in [6.45, 7) is 0.328. The van der Waals surface area contributed by atoms with Crippen LogP contribution in [0.1, 0.15) is 11.1 Å². The predicted molar refractivity (Wildman–Crippen MR) is 101 cm³/mol. The van der Waals surface area contributed by atoms with Gasteiger partial charge in [-0.25, -0.2) is 4.98 Å². The Labute approximate surface area is 149 Å². The van der Waals surface area contributed by atoms with Crippen LogP contribution in [0.5, 0.6) is 5.75 Å². The molecule has 0 atom stereocenters. The molecule has 0 fully saturated rings. The van der Waals surface area contributed by atoms with Gasteiger partial charge in [-0.15, -0.1) is 0 Å². The summed E-state index contributed by atoms with van der Waals surface area (Å²) in [6.07, 6.45) is 4.73. The minimum absolute atomic E-state index is 0.0176. The van der Waals surface area contributed by atoms with Gasteiger partial charge in [-0.05, 0) is 58.1 Å². The van der Waals surface area contributed by atoms with Gasteiger partial charge in [0.05, 0.1) is 6.61 Å². The van der Waals surface area contributed by atoms with Gasteiger partial charge >= 0.3 is 0 Å². The molecule has 0 radical (unpaired) electrons. The summed E-state index contributed by atoms with van der Waals surface area (Å²) in [5.74, 6) is 0.781. The smallest absolute Gasteiger partial charge is 0.137 e. The van der Waals surface area contributed by atoms with E-state index in [1.807, 2.05) is 30.6 Å². The first-order chi connectivity index (χ1) is 12.3. The number of hydrogen-bond donors (Lipinski definition) is 2. The van der Waals surface area contributed by atoms with Gasteiger partial charge in [-0.2, -0.15) is 11.3 Å². The third-order valence-electron chi connectivity index (χ3n) is 4.12. The van der Waals surface area contributed by atoms with Gasteiger partial charge in [0.1, 0.15) is 18.0 Å². The molecule has 0 spiro atoms. The van der Waals surface area contributed by atoms with E-state index in [0.29, 0.717) is 6.61 Å².